The summed E-state index contributed by atoms with van der Waals surface area (Å²) in [6, 6.07) is 2.89. The molecule has 116 valence electrons. The lowest BCUT2D eigenvalue weighted by molar-refractivity contribution is 0.0975. The summed E-state index contributed by atoms with van der Waals surface area (Å²) in [6.07, 6.45) is 0. The van der Waals surface area contributed by atoms with Gasteiger partial charge in [-0.15, -0.1) is 5.10 Å². The van der Waals surface area contributed by atoms with Crippen LogP contribution in [0.25, 0.3) is 0 Å². The molecule has 22 heavy (non-hydrogen) atoms. The minimum atomic E-state index is -0.539. The number of hydrogen-bond acceptors (Lipinski definition) is 6. The van der Waals surface area contributed by atoms with Crippen LogP contribution in [0.15, 0.2) is 12.1 Å². The van der Waals surface area contributed by atoms with Crippen molar-refractivity contribution in [2.24, 2.45) is 7.05 Å². The van der Waals surface area contributed by atoms with Crippen LogP contribution in [-0.4, -0.2) is 38.3 Å². The van der Waals surface area contributed by atoms with Gasteiger partial charge in [0.25, 0.3) is 11.9 Å². The van der Waals surface area contributed by atoms with E-state index < -0.39 is 5.91 Å². The number of hydrogen-bond donors (Lipinski definition) is 2. The second-order valence-corrected chi connectivity index (χ2v) is 5.23. The molecule has 8 nitrogen and oxygen atoms in total. The topological polar surface area (TPSA) is 94.0 Å². The average molecular weight is 361 g/mol. The number of tetrazole rings is 1. The van der Waals surface area contributed by atoms with Crippen LogP contribution in [0.1, 0.15) is 10.4 Å². The number of aryl methyl sites for hydroxylation is 1. The lowest BCUT2D eigenvalue weighted by atomic mass is 10.2. The van der Waals surface area contributed by atoms with Gasteiger partial charge >= 0.3 is 0 Å². The Morgan fingerprint density at radius 3 is 2.73 bits per heavy atom. The molecule has 0 aliphatic heterocycles. The Bertz CT molecular complexity index is 735. The number of amides is 1. The van der Waals surface area contributed by atoms with E-state index in [1.165, 1.54) is 24.0 Å². The molecule has 0 spiro atoms. The molecule has 1 aromatic carbocycles. The number of halogens is 2. The number of nitrogens with zero attached hydrogens (tertiary/aromatic N) is 4. The van der Waals surface area contributed by atoms with Crippen molar-refractivity contribution in [3.63, 3.8) is 0 Å². The van der Waals surface area contributed by atoms with E-state index in [9.17, 15) is 4.79 Å². The van der Waals surface area contributed by atoms with Crippen LogP contribution in [0.4, 0.5) is 5.95 Å². The van der Waals surface area contributed by atoms with E-state index in [1.807, 2.05) is 0 Å². The molecule has 2 aromatic rings. The first-order valence-corrected chi connectivity index (χ1v) is 6.96. The average Bonchev–Trinajstić information content (AvgIpc) is 2.82. The van der Waals surface area contributed by atoms with Gasteiger partial charge in [-0.3, -0.25) is 15.4 Å². The number of thiocarbonyl (C=S) groups is 1. The molecular weight excluding hydrogens is 351 g/mol. The zero-order valence-corrected chi connectivity index (χ0v) is 13.8. The summed E-state index contributed by atoms with van der Waals surface area (Å²) < 4.78 is 5.10. The lowest BCUT2D eigenvalue weighted by Crippen LogP contribution is -2.34. The van der Waals surface area contributed by atoms with Crippen LogP contribution in [0, 0.1) is 0 Å². The van der Waals surface area contributed by atoms with Gasteiger partial charge in [-0.1, -0.05) is 28.3 Å². The van der Waals surface area contributed by atoms with E-state index in [0.29, 0.717) is 5.02 Å². The Labute approximate surface area is 140 Å². The Hall–Kier alpha value is -1.97. The maximum Gasteiger partial charge on any atom is 0.269 e. The minimum Gasteiger partial charge on any atom is -0.494 e. The van der Waals surface area contributed by atoms with E-state index in [2.05, 4.69) is 26.0 Å². The molecule has 1 amide bonds. The third-order valence-corrected chi connectivity index (χ3v) is 3.12. The van der Waals surface area contributed by atoms with Gasteiger partial charge in [-0.25, -0.2) is 0 Å². The van der Waals surface area contributed by atoms with E-state index in [-0.39, 0.29) is 27.4 Å². The van der Waals surface area contributed by atoms with Crippen LogP contribution in [0.5, 0.6) is 5.75 Å². The Morgan fingerprint density at radius 2 is 2.14 bits per heavy atom. The second-order valence-electron chi connectivity index (χ2n) is 3.98. The van der Waals surface area contributed by atoms with Crippen molar-refractivity contribution in [1.82, 2.24) is 25.5 Å². The first kappa shape index (κ1) is 16.4. The summed E-state index contributed by atoms with van der Waals surface area (Å²) in [5, 5.41) is 16.8. The normalized spacial score (nSPS) is 10.2. The first-order valence-electron chi connectivity index (χ1n) is 5.80. The van der Waals surface area contributed by atoms with E-state index in [1.54, 1.807) is 7.05 Å². The number of rotatable bonds is 3. The highest BCUT2D eigenvalue weighted by molar-refractivity contribution is 7.80. The van der Waals surface area contributed by atoms with Gasteiger partial charge in [0.05, 0.1) is 24.7 Å². The van der Waals surface area contributed by atoms with Gasteiger partial charge in [-0.05, 0) is 29.6 Å². The monoisotopic (exact) mass is 360 g/mol. The third-order valence-electron chi connectivity index (χ3n) is 2.42. The van der Waals surface area contributed by atoms with E-state index in [0.717, 1.165) is 0 Å². The van der Waals surface area contributed by atoms with Crippen LogP contribution in [0.3, 0.4) is 0 Å². The maximum atomic E-state index is 12.2. The molecule has 1 aromatic heterocycles. The number of methoxy groups -OCH3 is 1. The molecule has 2 N–H and O–H groups in total. The molecule has 0 radical (unpaired) electrons. The Morgan fingerprint density at radius 1 is 1.41 bits per heavy atom. The molecule has 0 atom stereocenters. The van der Waals surface area contributed by atoms with Gasteiger partial charge in [-0.2, -0.15) is 4.80 Å². The third kappa shape index (κ3) is 3.81. The largest absolute Gasteiger partial charge is 0.494 e. The van der Waals surface area contributed by atoms with Crippen LogP contribution in [-0.2, 0) is 7.05 Å². The first-order chi connectivity index (χ1) is 10.4. The standard InChI is InChI=1S/C11H10Cl2N6O2S/c1-19-17-10(16-18-19)15-11(22)14-9(20)6-3-5(12)4-7(13)8(6)21-2/h3-4H,1-2H3,(H2,14,15,17,20,22). The SMILES string of the molecule is COc1c(Cl)cc(Cl)cc1C(=O)NC(=S)Nc1nnn(C)n1. The molecule has 0 saturated carbocycles. The molecule has 0 bridgehead atoms. The van der Waals surface area contributed by atoms with Gasteiger partial charge in [0.15, 0.2) is 5.11 Å². The van der Waals surface area contributed by atoms with Crippen molar-refractivity contribution >= 4 is 52.4 Å². The van der Waals surface area contributed by atoms with E-state index >= 15 is 0 Å². The molecular formula is C11H10Cl2N6O2S. The number of aromatic nitrogens is 4. The van der Waals surface area contributed by atoms with Crippen molar-refractivity contribution < 1.29 is 9.53 Å². The fraction of sp³-hybridized carbons (Fsp3) is 0.182. The highest BCUT2D eigenvalue weighted by Crippen LogP contribution is 2.32. The van der Waals surface area contributed by atoms with Crippen LogP contribution in [0.2, 0.25) is 10.0 Å². The number of anilines is 1. The lowest BCUT2D eigenvalue weighted by Gasteiger charge is -2.11. The Kier molecular flexibility index (Phi) is 5.11. The maximum absolute atomic E-state index is 12.2. The highest BCUT2D eigenvalue weighted by Gasteiger charge is 2.18. The number of nitrogens with one attached hydrogen (secondary N) is 2. The van der Waals surface area contributed by atoms with Crippen LogP contribution < -0.4 is 15.4 Å². The van der Waals surface area contributed by atoms with Crippen molar-refractivity contribution in [3.05, 3.63) is 27.7 Å². The summed E-state index contributed by atoms with van der Waals surface area (Å²) in [6.45, 7) is 0. The molecule has 0 fully saturated rings. The zero-order valence-electron chi connectivity index (χ0n) is 11.4. The summed E-state index contributed by atoms with van der Waals surface area (Å²) in [5.74, 6) is -0.185. The summed E-state index contributed by atoms with van der Waals surface area (Å²) >= 11 is 16.9. The summed E-state index contributed by atoms with van der Waals surface area (Å²) in [5.41, 5.74) is 0.149. The van der Waals surface area contributed by atoms with Gasteiger partial charge < -0.3 is 4.74 Å². The molecule has 0 saturated heterocycles. The van der Waals surface area contributed by atoms with Gasteiger partial charge in [0.1, 0.15) is 5.75 Å². The summed E-state index contributed by atoms with van der Waals surface area (Å²) in [4.78, 5) is 13.5. The zero-order chi connectivity index (χ0) is 16.3. The number of carbonyl (C=O) groups is 1. The number of benzene rings is 1. The molecule has 1 heterocycles. The fourth-order valence-electron chi connectivity index (χ4n) is 1.57. The van der Waals surface area contributed by atoms with Gasteiger partial charge in [0.2, 0.25) is 0 Å². The van der Waals surface area contributed by atoms with Crippen molar-refractivity contribution in [3.8, 4) is 5.75 Å². The minimum absolute atomic E-state index is 0.00356. The van der Waals surface area contributed by atoms with Crippen LogP contribution >= 0.6 is 35.4 Å². The number of ether oxygens (including phenoxy) is 1. The van der Waals surface area contributed by atoms with E-state index in [4.69, 9.17) is 40.2 Å². The molecule has 11 heteroatoms. The predicted molar refractivity (Wildman–Crippen MR) is 85.5 cm³/mol. The Balaban J connectivity index is 2.13. The molecule has 0 aliphatic rings. The molecule has 0 aliphatic carbocycles. The number of carbonyl (C=O) groups excluding carboxylic acids is 1. The van der Waals surface area contributed by atoms with Crippen molar-refractivity contribution in [2.45, 2.75) is 0 Å². The quantitative estimate of drug-likeness (QED) is 0.803. The van der Waals surface area contributed by atoms with Crippen molar-refractivity contribution in [2.75, 3.05) is 12.4 Å². The van der Waals surface area contributed by atoms with Crippen molar-refractivity contribution in [1.29, 1.82) is 0 Å². The van der Waals surface area contributed by atoms with Gasteiger partial charge in [0, 0.05) is 5.02 Å². The fourth-order valence-corrected chi connectivity index (χ4v) is 2.33. The molecule has 0 unspecified atom stereocenters. The highest BCUT2D eigenvalue weighted by atomic mass is 35.5. The molecule has 2 rings (SSSR count). The smallest absolute Gasteiger partial charge is 0.269 e. The summed E-state index contributed by atoms with van der Waals surface area (Å²) in [7, 11) is 2.99. The predicted octanol–water partition coefficient (Wildman–Crippen LogP) is 1.65. The second kappa shape index (κ2) is 6.86.